The van der Waals surface area contributed by atoms with Gasteiger partial charge in [-0.1, -0.05) is 48.0 Å². The highest BCUT2D eigenvalue weighted by molar-refractivity contribution is 7.87. The first-order valence-corrected chi connectivity index (χ1v) is 9.66. The summed E-state index contributed by atoms with van der Waals surface area (Å²) in [6, 6.07) is 17.3. The Labute approximate surface area is 147 Å². The predicted octanol–water partition coefficient (Wildman–Crippen LogP) is 3.34. The molecular formula is C19H18N2O3S. The monoisotopic (exact) mass is 354 g/mol. The molecule has 6 heteroatoms. The van der Waals surface area contributed by atoms with Crippen LogP contribution < -0.4 is 4.18 Å². The van der Waals surface area contributed by atoms with Crippen LogP contribution in [0.15, 0.2) is 54.6 Å². The van der Waals surface area contributed by atoms with Gasteiger partial charge in [-0.25, -0.2) is 0 Å². The summed E-state index contributed by atoms with van der Waals surface area (Å²) < 4.78 is 31.8. The highest BCUT2D eigenvalue weighted by Gasteiger charge is 2.37. The Morgan fingerprint density at radius 2 is 1.84 bits per heavy atom. The molecule has 0 radical (unpaired) electrons. The molecule has 1 atom stereocenters. The first-order chi connectivity index (χ1) is 11.9. The highest BCUT2D eigenvalue weighted by atomic mass is 32.2. The summed E-state index contributed by atoms with van der Waals surface area (Å²) in [6.45, 7) is 3.89. The number of rotatable bonds is 2. The normalized spacial score (nSPS) is 18.4. The largest absolute Gasteiger partial charge is 0.361 e. The van der Waals surface area contributed by atoms with Crippen molar-refractivity contribution < 1.29 is 12.6 Å². The maximum absolute atomic E-state index is 12.4. The van der Waals surface area contributed by atoms with E-state index in [1.807, 2.05) is 68.4 Å². The second kappa shape index (κ2) is 5.74. The van der Waals surface area contributed by atoms with E-state index < -0.39 is 10.1 Å². The molecule has 0 N–H and O–H groups in total. The van der Waals surface area contributed by atoms with Crippen LogP contribution in [0.25, 0.3) is 5.69 Å². The summed E-state index contributed by atoms with van der Waals surface area (Å²) in [5.74, 6) is -0.0716. The lowest BCUT2D eigenvalue weighted by Crippen LogP contribution is -2.27. The van der Waals surface area contributed by atoms with Crippen molar-refractivity contribution in [3.63, 3.8) is 0 Å². The van der Waals surface area contributed by atoms with Crippen LogP contribution in [0, 0.1) is 13.8 Å². The van der Waals surface area contributed by atoms with Crippen molar-refractivity contribution >= 4 is 10.1 Å². The number of hydrogen-bond donors (Lipinski definition) is 0. The number of para-hydroxylation sites is 1. The van der Waals surface area contributed by atoms with Gasteiger partial charge in [0.25, 0.3) is 0 Å². The average Bonchev–Trinajstić information content (AvgIpc) is 2.90. The van der Waals surface area contributed by atoms with E-state index in [0.29, 0.717) is 5.88 Å². The molecule has 0 amide bonds. The smallest absolute Gasteiger partial charge is 0.311 e. The van der Waals surface area contributed by atoms with Gasteiger partial charge in [0.05, 0.1) is 17.1 Å². The Balaban J connectivity index is 1.94. The van der Waals surface area contributed by atoms with Gasteiger partial charge in [0.2, 0.25) is 5.88 Å². The topological polar surface area (TPSA) is 61.2 Å². The molecule has 0 aliphatic carbocycles. The number of aryl methyl sites for hydroxylation is 2. The molecule has 25 heavy (non-hydrogen) atoms. The first-order valence-electron chi connectivity index (χ1n) is 8.08. The molecule has 3 aromatic rings. The van der Waals surface area contributed by atoms with Crippen LogP contribution in [0.4, 0.5) is 0 Å². The van der Waals surface area contributed by atoms with Gasteiger partial charge in [0.15, 0.2) is 0 Å². The Hall–Kier alpha value is -2.60. The van der Waals surface area contributed by atoms with Gasteiger partial charge in [-0.2, -0.15) is 18.2 Å². The van der Waals surface area contributed by atoms with Gasteiger partial charge >= 0.3 is 10.1 Å². The lowest BCUT2D eigenvalue weighted by atomic mass is 9.92. The average molecular weight is 354 g/mol. The standard InChI is InChI=1S/C19H18N2O3S/c1-13-7-6-8-15(11-13)17-12-25(22,23)24-19-18(17)14(2)20-21(19)16-9-4-3-5-10-16/h3-11,17H,12H2,1-2H3. The zero-order valence-electron chi connectivity index (χ0n) is 14.0. The molecule has 0 bridgehead atoms. The van der Waals surface area contributed by atoms with Gasteiger partial charge in [0, 0.05) is 11.5 Å². The molecule has 0 saturated heterocycles. The molecule has 0 spiro atoms. The van der Waals surface area contributed by atoms with Crippen molar-refractivity contribution in [3.8, 4) is 11.6 Å². The first kappa shape index (κ1) is 15.9. The van der Waals surface area contributed by atoms with Crippen LogP contribution in [0.3, 0.4) is 0 Å². The lowest BCUT2D eigenvalue weighted by Gasteiger charge is -2.24. The molecule has 1 aliphatic heterocycles. The van der Waals surface area contributed by atoms with E-state index in [0.717, 1.165) is 28.1 Å². The second-order valence-corrected chi connectivity index (χ2v) is 7.94. The molecule has 1 unspecified atom stereocenters. The van der Waals surface area contributed by atoms with Crippen LogP contribution in [-0.2, 0) is 10.1 Å². The van der Waals surface area contributed by atoms with Crippen LogP contribution in [0.5, 0.6) is 5.88 Å². The van der Waals surface area contributed by atoms with E-state index in [1.54, 1.807) is 4.68 Å². The minimum Gasteiger partial charge on any atom is -0.361 e. The summed E-state index contributed by atoms with van der Waals surface area (Å²) in [6.07, 6.45) is 0. The zero-order valence-corrected chi connectivity index (χ0v) is 14.8. The summed E-state index contributed by atoms with van der Waals surface area (Å²) in [5, 5.41) is 4.55. The van der Waals surface area contributed by atoms with Gasteiger partial charge in [-0.3, -0.25) is 0 Å². The maximum Gasteiger partial charge on any atom is 0.311 e. The van der Waals surface area contributed by atoms with Crippen LogP contribution in [-0.4, -0.2) is 24.0 Å². The van der Waals surface area contributed by atoms with E-state index in [-0.39, 0.29) is 11.7 Å². The number of aromatic nitrogens is 2. The van der Waals surface area contributed by atoms with E-state index >= 15 is 0 Å². The molecule has 0 fully saturated rings. The Bertz CT molecular complexity index is 1040. The third kappa shape index (κ3) is 2.82. The summed E-state index contributed by atoms with van der Waals surface area (Å²) in [4.78, 5) is 0. The number of hydrogen-bond acceptors (Lipinski definition) is 4. The molecule has 1 aromatic heterocycles. The van der Waals surface area contributed by atoms with Gasteiger partial charge < -0.3 is 4.18 Å². The maximum atomic E-state index is 12.4. The van der Waals surface area contributed by atoms with E-state index in [1.165, 1.54) is 0 Å². The molecule has 1 aliphatic rings. The Morgan fingerprint density at radius 3 is 2.56 bits per heavy atom. The van der Waals surface area contributed by atoms with E-state index in [9.17, 15) is 8.42 Å². The fourth-order valence-electron chi connectivity index (χ4n) is 3.34. The number of benzene rings is 2. The van der Waals surface area contributed by atoms with Gasteiger partial charge in [-0.05, 0) is 31.5 Å². The predicted molar refractivity (Wildman–Crippen MR) is 95.7 cm³/mol. The third-order valence-electron chi connectivity index (χ3n) is 4.43. The van der Waals surface area contributed by atoms with Gasteiger partial charge in [0.1, 0.15) is 0 Å². The van der Waals surface area contributed by atoms with Crippen LogP contribution in [0.1, 0.15) is 28.3 Å². The summed E-state index contributed by atoms with van der Waals surface area (Å²) in [7, 11) is -3.68. The van der Waals surface area contributed by atoms with Crippen molar-refractivity contribution in [2.45, 2.75) is 19.8 Å². The van der Waals surface area contributed by atoms with Crippen molar-refractivity contribution in [3.05, 3.63) is 77.0 Å². The number of fused-ring (bicyclic) bond motifs is 1. The van der Waals surface area contributed by atoms with Crippen LogP contribution >= 0.6 is 0 Å². The minimum absolute atomic E-state index is 0.0786. The highest BCUT2D eigenvalue weighted by Crippen LogP contribution is 2.41. The Kier molecular flexibility index (Phi) is 3.65. The Morgan fingerprint density at radius 1 is 1.08 bits per heavy atom. The third-order valence-corrected chi connectivity index (χ3v) is 5.59. The van der Waals surface area contributed by atoms with E-state index in [2.05, 4.69) is 5.10 Å². The molecule has 2 heterocycles. The molecule has 5 nitrogen and oxygen atoms in total. The minimum atomic E-state index is -3.68. The summed E-state index contributed by atoms with van der Waals surface area (Å²) in [5.41, 5.74) is 4.44. The lowest BCUT2D eigenvalue weighted by molar-refractivity contribution is 0.446. The second-order valence-electron chi connectivity index (χ2n) is 6.33. The fourth-order valence-corrected chi connectivity index (χ4v) is 4.57. The summed E-state index contributed by atoms with van der Waals surface area (Å²) >= 11 is 0. The quantitative estimate of drug-likeness (QED) is 0.662. The van der Waals surface area contributed by atoms with Gasteiger partial charge in [-0.15, -0.1) is 0 Å². The zero-order chi connectivity index (χ0) is 17.6. The fraction of sp³-hybridized carbons (Fsp3) is 0.211. The molecule has 0 saturated carbocycles. The SMILES string of the molecule is Cc1cccc(C2CS(=O)(=O)Oc3c2c(C)nn3-c2ccccc2)c1. The van der Waals surface area contributed by atoms with Crippen molar-refractivity contribution in [1.29, 1.82) is 0 Å². The van der Waals surface area contributed by atoms with Crippen molar-refractivity contribution in [2.24, 2.45) is 0 Å². The van der Waals surface area contributed by atoms with Crippen molar-refractivity contribution in [1.82, 2.24) is 9.78 Å². The molecule has 4 rings (SSSR count). The molecule has 2 aromatic carbocycles. The van der Waals surface area contributed by atoms with Crippen LogP contribution in [0.2, 0.25) is 0 Å². The molecule has 128 valence electrons. The number of nitrogens with zero attached hydrogens (tertiary/aromatic N) is 2. The molecular weight excluding hydrogens is 336 g/mol. The van der Waals surface area contributed by atoms with E-state index in [4.69, 9.17) is 4.18 Å². The van der Waals surface area contributed by atoms with Crippen molar-refractivity contribution in [2.75, 3.05) is 5.75 Å².